The molecule has 5 amide bonds. The van der Waals surface area contributed by atoms with Crippen molar-refractivity contribution in [2.75, 3.05) is 33.3 Å². The number of benzene rings is 1. The number of rotatable bonds is 5. The van der Waals surface area contributed by atoms with E-state index in [9.17, 15) is 24.0 Å². The molecule has 38 heavy (non-hydrogen) atoms. The van der Waals surface area contributed by atoms with E-state index < -0.39 is 18.1 Å². The van der Waals surface area contributed by atoms with E-state index in [0.29, 0.717) is 51.1 Å². The van der Waals surface area contributed by atoms with Gasteiger partial charge >= 0.3 is 0 Å². The Morgan fingerprint density at radius 3 is 2.53 bits per heavy atom. The number of nitrogens with zero attached hydrogens (tertiary/aromatic N) is 3. The summed E-state index contributed by atoms with van der Waals surface area (Å²) in [5.74, 6) is -0.388. The van der Waals surface area contributed by atoms with Crippen molar-refractivity contribution in [2.24, 2.45) is 5.92 Å². The molecule has 4 atom stereocenters. The van der Waals surface area contributed by atoms with E-state index >= 15 is 0 Å². The topological polar surface area (TPSA) is 128 Å². The van der Waals surface area contributed by atoms with Crippen molar-refractivity contribution >= 4 is 29.5 Å². The van der Waals surface area contributed by atoms with E-state index in [-0.39, 0.29) is 54.5 Å². The zero-order valence-electron chi connectivity index (χ0n) is 21.9. The van der Waals surface area contributed by atoms with Crippen LogP contribution in [0.15, 0.2) is 24.3 Å². The standard InChI is InChI=1S/C27H35N5O6/c1-16(33)30-10-7-17(8-11-30)26(36)31-12-9-20-24(31)27(37)32-15-19(14-21(32)25(35)29-20)28-23(34)13-18-5-3-4-6-22(18)38-2/h3-6,17,19-21,24H,7-15H2,1-2H3,(H,28,34)(H,29,35). The molecule has 1 aromatic rings. The molecule has 0 saturated carbocycles. The van der Waals surface area contributed by atoms with Gasteiger partial charge in [0.1, 0.15) is 17.8 Å². The normalized spacial score (nSPS) is 27.4. The fraction of sp³-hybridized carbons (Fsp3) is 0.593. The zero-order valence-corrected chi connectivity index (χ0v) is 21.9. The Morgan fingerprint density at radius 2 is 1.82 bits per heavy atom. The largest absolute Gasteiger partial charge is 0.496 e. The fourth-order valence-electron chi connectivity index (χ4n) is 6.35. The van der Waals surface area contributed by atoms with Crippen LogP contribution >= 0.6 is 0 Å². The van der Waals surface area contributed by atoms with Crippen molar-refractivity contribution in [2.45, 2.75) is 63.2 Å². The predicted octanol–water partition coefficient (Wildman–Crippen LogP) is -0.319. The Bertz CT molecular complexity index is 1130. The van der Waals surface area contributed by atoms with E-state index in [4.69, 9.17) is 4.74 Å². The maximum Gasteiger partial charge on any atom is 0.248 e. The van der Waals surface area contributed by atoms with Gasteiger partial charge in [0.05, 0.1) is 19.6 Å². The molecule has 11 nitrogen and oxygen atoms in total. The van der Waals surface area contributed by atoms with Crippen LogP contribution in [-0.4, -0.2) is 102 Å². The first-order valence-corrected chi connectivity index (χ1v) is 13.3. The van der Waals surface area contributed by atoms with Gasteiger partial charge in [-0.2, -0.15) is 0 Å². The lowest BCUT2D eigenvalue weighted by Crippen LogP contribution is -2.54. The third-order valence-corrected chi connectivity index (χ3v) is 8.35. The predicted molar refractivity (Wildman–Crippen MR) is 136 cm³/mol. The molecule has 4 aliphatic rings. The first-order valence-electron chi connectivity index (χ1n) is 13.3. The van der Waals surface area contributed by atoms with Crippen LogP contribution in [0.2, 0.25) is 0 Å². The molecule has 4 heterocycles. The first kappa shape index (κ1) is 26.0. The molecule has 0 aromatic heterocycles. The van der Waals surface area contributed by atoms with Gasteiger partial charge < -0.3 is 30.1 Å². The fourth-order valence-corrected chi connectivity index (χ4v) is 6.35. The molecular weight excluding hydrogens is 490 g/mol. The van der Waals surface area contributed by atoms with E-state index in [1.54, 1.807) is 23.0 Å². The maximum atomic E-state index is 13.8. The lowest BCUT2D eigenvalue weighted by Gasteiger charge is -2.35. The highest BCUT2D eigenvalue weighted by Gasteiger charge is 2.53. The molecule has 4 fully saturated rings. The van der Waals surface area contributed by atoms with Crippen LogP contribution in [0.3, 0.4) is 0 Å². The van der Waals surface area contributed by atoms with Crippen LogP contribution in [0.25, 0.3) is 0 Å². The van der Waals surface area contributed by atoms with Crippen LogP contribution in [0.4, 0.5) is 0 Å². The summed E-state index contributed by atoms with van der Waals surface area (Å²) in [5, 5.41) is 5.98. The number of hydrogen-bond acceptors (Lipinski definition) is 6. The van der Waals surface area contributed by atoms with Crippen LogP contribution in [0.1, 0.15) is 38.2 Å². The Hall–Kier alpha value is -3.63. The lowest BCUT2D eigenvalue weighted by atomic mass is 9.94. The minimum absolute atomic E-state index is 0.00317. The van der Waals surface area contributed by atoms with Crippen LogP contribution in [0.5, 0.6) is 5.75 Å². The third-order valence-electron chi connectivity index (χ3n) is 8.35. The Labute approximate surface area is 221 Å². The number of ether oxygens (including phenoxy) is 1. The number of carbonyl (C=O) groups excluding carboxylic acids is 5. The molecule has 1 aromatic carbocycles. The number of carbonyl (C=O) groups is 5. The summed E-state index contributed by atoms with van der Waals surface area (Å²) in [5.41, 5.74) is 0.755. The number of piperidine rings is 1. The smallest absolute Gasteiger partial charge is 0.248 e. The van der Waals surface area contributed by atoms with Gasteiger partial charge in [0.25, 0.3) is 0 Å². The van der Waals surface area contributed by atoms with Gasteiger partial charge in [-0.25, -0.2) is 0 Å². The van der Waals surface area contributed by atoms with Crippen molar-refractivity contribution in [3.8, 4) is 5.75 Å². The maximum absolute atomic E-state index is 13.8. The monoisotopic (exact) mass is 525 g/mol. The second kappa shape index (κ2) is 10.6. The summed E-state index contributed by atoms with van der Waals surface area (Å²) in [6, 6.07) is 5.09. The van der Waals surface area contributed by atoms with Crippen molar-refractivity contribution < 1.29 is 28.7 Å². The van der Waals surface area contributed by atoms with Gasteiger partial charge in [0, 0.05) is 50.6 Å². The van der Waals surface area contributed by atoms with Crippen molar-refractivity contribution in [1.82, 2.24) is 25.3 Å². The Morgan fingerprint density at radius 1 is 1.08 bits per heavy atom. The molecule has 0 radical (unpaired) electrons. The number of nitrogens with one attached hydrogen (secondary N) is 2. The molecule has 4 saturated heterocycles. The van der Waals surface area contributed by atoms with Crippen molar-refractivity contribution in [1.29, 1.82) is 0 Å². The van der Waals surface area contributed by atoms with Crippen LogP contribution in [-0.2, 0) is 30.4 Å². The van der Waals surface area contributed by atoms with E-state index in [2.05, 4.69) is 10.6 Å². The lowest BCUT2D eigenvalue weighted by molar-refractivity contribution is -0.148. The van der Waals surface area contributed by atoms with E-state index in [1.165, 1.54) is 11.8 Å². The zero-order chi connectivity index (χ0) is 27.0. The van der Waals surface area contributed by atoms with Gasteiger partial charge in [-0.3, -0.25) is 24.0 Å². The van der Waals surface area contributed by atoms with Crippen LogP contribution in [0, 0.1) is 5.92 Å². The molecule has 204 valence electrons. The number of methoxy groups -OCH3 is 1. The van der Waals surface area contributed by atoms with E-state index in [1.807, 2.05) is 18.2 Å². The van der Waals surface area contributed by atoms with Gasteiger partial charge in [-0.15, -0.1) is 0 Å². The number of amides is 5. The van der Waals surface area contributed by atoms with Crippen molar-refractivity contribution in [3.05, 3.63) is 29.8 Å². The molecular formula is C27H35N5O6. The summed E-state index contributed by atoms with van der Waals surface area (Å²) >= 11 is 0. The Kier molecular flexibility index (Phi) is 7.27. The third kappa shape index (κ3) is 4.93. The van der Waals surface area contributed by atoms with Crippen LogP contribution < -0.4 is 15.4 Å². The van der Waals surface area contributed by atoms with Crippen molar-refractivity contribution in [3.63, 3.8) is 0 Å². The molecule has 0 bridgehead atoms. The summed E-state index contributed by atoms with van der Waals surface area (Å²) in [4.78, 5) is 69.7. The van der Waals surface area contributed by atoms with Gasteiger partial charge in [-0.1, -0.05) is 18.2 Å². The van der Waals surface area contributed by atoms with Gasteiger partial charge in [0.15, 0.2) is 0 Å². The highest BCUT2D eigenvalue weighted by Crippen LogP contribution is 2.31. The minimum Gasteiger partial charge on any atom is -0.496 e. The molecule has 0 aliphatic carbocycles. The summed E-state index contributed by atoms with van der Waals surface area (Å²) < 4.78 is 5.33. The van der Waals surface area contributed by atoms with Gasteiger partial charge in [-0.05, 0) is 31.7 Å². The number of fused-ring (bicyclic) bond motifs is 2. The highest BCUT2D eigenvalue weighted by molar-refractivity contribution is 5.97. The summed E-state index contributed by atoms with van der Waals surface area (Å²) in [6.45, 7) is 3.22. The highest BCUT2D eigenvalue weighted by atomic mass is 16.5. The second-order valence-electron chi connectivity index (χ2n) is 10.7. The average Bonchev–Trinajstić information content (AvgIpc) is 3.50. The summed E-state index contributed by atoms with van der Waals surface area (Å²) in [6.07, 6.45) is 2.12. The SMILES string of the molecule is COc1ccccc1CC(=O)NC1CC2C(=O)NC3CCN(C(=O)C4CCN(C(C)=O)CC4)C3C(=O)N2C1. The molecule has 2 N–H and O–H groups in total. The molecule has 4 unspecified atom stereocenters. The number of likely N-dealkylation sites (tertiary alicyclic amines) is 2. The molecule has 11 heteroatoms. The molecule has 4 aliphatic heterocycles. The first-order chi connectivity index (χ1) is 18.3. The Balaban J connectivity index is 1.24. The number of hydrogen-bond donors (Lipinski definition) is 2. The quantitative estimate of drug-likeness (QED) is 0.543. The second-order valence-corrected chi connectivity index (χ2v) is 10.7. The van der Waals surface area contributed by atoms with E-state index in [0.717, 1.165) is 5.56 Å². The average molecular weight is 526 g/mol. The number of para-hydroxylation sites is 1. The van der Waals surface area contributed by atoms with Gasteiger partial charge in [0.2, 0.25) is 29.5 Å². The summed E-state index contributed by atoms with van der Waals surface area (Å²) in [7, 11) is 1.55. The molecule has 0 spiro atoms. The minimum atomic E-state index is -0.745. The molecule has 5 rings (SSSR count).